The monoisotopic (exact) mass is 352 g/mol. The highest BCUT2D eigenvalue weighted by atomic mass is 16.5. The summed E-state index contributed by atoms with van der Waals surface area (Å²) in [6, 6.07) is 3.67. The Morgan fingerprint density at radius 2 is 2.15 bits per heavy atom. The van der Waals surface area contributed by atoms with Crippen LogP contribution in [0.4, 0.5) is 0 Å². The van der Waals surface area contributed by atoms with E-state index in [0.717, 1.165) is 24.1 Å². The van der Waals surface area contributed by atoms with E-state index in [1.165, 1.54) is 32.1 Å². The number of rotatable bonds is 5. The molecular formula is C20H24N4O2. The summed E-state index contributed by atoms with van der Waals surface area (Å²) in [7, 11) is 0. The second kappa shape index (κ2) is 5.89. The molecule has 1 atom stereocenters. The zero-order chi connectivity index (χ0) is 17.7. The van der Waals surface area contributed by atoms with Crippen LogP contribution in [0.1, 0.15) is 75.4 Å². The molecular weight excluding hydrogens is 328 g/mol. The Balaban J connectivity index is 1.23. The van der Waals surface area contributed by atoms with Crippen molar-refractivity contribution in [3.63, 3.8) is 0 Å². The third-order valence-electron chi connectivity index (χ3n) is 6.35. The fraction of sp³-hybridized carbons (Fsp3) is 0.600. The standard InChI is InChI=1S/C20H24N4O2/c1-12(22-18(25)15-10-20(11-15)6-2-7-20)19-23-17(24-26-19)14-5-8-21-16(9-14)13-3-4-13/h5,8-9,12-13,15H,2-4,6-7,10-11H2,1H3,(H,22,25). The van der Waals surface area contributed by atoms with Gasteiger partial charge in [-0.15, -0.1) is 0 Å². The van der Waals surface area contributed by atoms with Crippen molar-refractivity contribution < 1.29 is 9.32 Å². The van der Waals surface area contributed by atoms with Crippen LogP contribution < -0.4 is 5.32 Å². The zero-order valence-corrected chi connectivity index (χ0v) is 15.1. The molecule has 1 unspecified atom stereocenters. The van der Waals surface area contributed by atoms with Crippen molar-refractivity contribution in [2.45, 2.75) is 63.8 Å². The number of hydrogen-bond donors (Lipinski definition) is 1. The first-order chi connectivity index (χ1) is 12.6. The molecule has 136 valence electrons. The largest absolute Gasteiger partial charge is 0.344 e. The Kier molecular flexibility index (Phi) is 3.62. The van der Waals surface area contributed by atoms with E-state index in [0.29, 0.717) is 23.0 Å². The molecule has 1 N–H and O–H groups in total. The van der Waals surface area contributed by atoms with E-state index in [4.69, 9.17) is 4.52 Å². The number of carbonyl (C=O) groups excluding carboxylic acids is 1. The number of hydrogen-bond acceptors (Lipinski definition) is 5. The second-order valence-electron chi connectivity index (χ2n) is 8.39. The molecule has 0 radical (unpaired) electrons. The molecule has 2 aromatic rings. The minimum Gasteiger partial charge on any atom is -0.344 e. The third-order valence-corrected chi connectivity index (χ3v) is 6.35. The molecule has 0 bridgehead atoms. The Labute approximate surface area is 152 Å². The van der Waals surface area contributed by atoms with Crippen LogP contribution in [-0.2, 0) is 4.79 Å². The third kappa shape index (κ3) is 2.81. The zero-order valence-electron chi connectivity index (χ0n) is 15.1. The lowest BCUT2D eigenvalue weighted by Crippen LogP contribution is -2.49. The topological polar surface area (TPSA) is 80.9 Å². The summed E-state index contributed by atoms with van der Waals surface area (Å²) in [5, 5.41) is 7.14. The van der Waals surface area contributed by atoms with Gasteiger partial charge in [0.25, 0.3) is 0 Å². The predicted molar refractivity (Wildman–Crippen MR) is 95.1 cm³/mol. The van der Waals surface area contributed by atoms with Crippen molar-refractivity contribution >= 4 is 5.91 Å². The summed E-state index contributed by atoms with van der Waals surface area (Å²) in [5.41, 5.74) is 2.52. The average Bonchev–Trinajstić information content (AvgIpc) is 3.29. The molecule has 6 heteroatoms. The van der Waals surface area contributed by atoms with E-state index in [1.807, 2.05) is 19.1 Å². The lowest BCUT2D eigenvalue weighted by atomic mass is 9.51. The predicted octanol–water partition coefficient (Wildman–Crippen LogP) is 3.77. The molecule has 3 aliphatic rings. The van der Waals surface area contributed by atoms with Crippen molar-refractivity contribution in [1.29, 1.82) is 0 Å². The summed E-state index contributed by atoms with van der Waals surface area (Å²) in [4.78, 5) is 21.3. The van der Waals surface area contributed by atoms with E-state index in [-0.39, 0.29) is 17.9 Å². The smallest absolute Gasteiger partial charge is 0.249 e. The normalized spacial score (nSPS) is 22.5. The fourth-order valence-electron chi connectivity index (χ4n) is 4.37. The number of amides is 1. The summed E-state index contributed by atoms with van der Waals surface area (Å²) in [5.74, 6) is 1.87. The Morgan fingerprint density at radius 1 is 1.35 bits per heavy atom. The van der Waals surface area contributed by atoms with Crippen LogP contribution in [0.15, 0.2) is 22.9 Å². The molecule has 5 rings (SSSR count). The lowest BCUT2D eigenvalue weighted by Gasteiger charge is -2.53. The maximum absolute atomic E-state index is 12.4. The second-order valence-corrected chi connectivity index (χ2v) is 8.39. The van der Waals surface area contributed by atoms with Gasteiger partial charge in [-0.2, -0.15) is 4.98 Å². The van der Waals surface area contributed by atoms with Gasteiger partial charge in [0, 0.05) is 29.3 Å². The van der Waals surface area contributed by atoms with Gasteiger partial charge in [-0.1, -0.05) is 11.6 Å². The molecule has 3 fully saturated rings. The van der Waals surface area contributed by atoms with Gasteiger partial charge in [-0.3, -0.25) is 9.78 Å². The molecule has 2 aromatic heterocycles. The van der Waals surface area contributed by atoms with Gasteiger partial charge in [0.2, 0.25) is 17.6 Å². The number of carbonyl (C=O) groups is 1. The molecule has 2 heterocycles. The minimum absolute atomic E-state index is 0.120. The van der Waals surface area contributed by atoms with Crippen LogP contribution in [0, 0.1) is 11.3 Å². The van der Waals surface area contributed by atoms with Crippen molar-refractivity contribution in [3.05, 3.63) is 29.9 Å². The number of nitrogens with one attached hydrogen (secondary N) is 1. The molecule has 1 amide bonds. The molecule has 6 nitrogen and oxygen atoms in total. The molecule has 3 aliphatic carbocycles. The highest BCUT2D eigenvalue weighted by Crippen LogP contribution is 2.58. The highest BCUT2D eigenvalue weighted by Gasteiger charge is 2.50. The number of pyridine rings is 1. The van der Waals surface area contributed by atoms with Gasteiger partial charge in [-0.05, 0) is 63.0 Å². The first-order valence-corrected chi connectivity index (χ1v) is 9.72. The average molecular weight is 352 g/mol. The van der Waals surface area contributed by atoms with Crippen molar-refractivity contribution in [2.75, 3.05) is 0 Å². The summed E-state index contributed by atoms with van der Waals surface area (Å²) in [6.45, 7) is 1.90. The van der Waals surface area contributed by atoms with E-state index in [1.54, 1.807) is 6.20 Å². The van der Waals surface area contributed by atoms with Gasteiger partial charge in [0.05, 0.1) is 0 Å². The molecule has 26 heavy (non-hydrogen) atoms. The molecule has 3 saturated carbocycles. The van der Waals surface area contributed by atoms with Crippen LogP contribution in [-0.4, -0.2) is 21.0 Å². The molecule has 0 aliphatic heterocycles. The van der Waals surface area contributed by atoms with E-state index < -0.39 is 0 Å². The van der Waals surface area contributed by atoms with Crippen LogP contribution in [0.25, 0.3) is 11.4 Å². The maximum atomic E-state index is 12.4. The van der Waals surface area contributed by atoms with Crippen molar-refractivity contribution in [1.82, 2.24) is 20.4 Å². The summed E-state index contributed by atoms with van der Waals surface area (Å²) in [6.07, 6.45) is 10.2. The first-order valence-electron chi connectivity index (χ1n) is 9.72. The summed E-state index contributed by atoms with van der Waals surface area (Å²) >= 11 is 0. The fourth-order valence-corrected chi connectivity index (χ4v) is 4.37. The SMILES string of the molecule is CC(NC(=O)C1CC2(CCC2)C1)c1nc(-c2ccnc(C3CC3)c2)no1. The van der Waals surface area contributed by atoms with Crippen LogP contribution in [0.3, 0.4) is 0 Å². The lowest BCUT2D eigenvalue weighted by molar-refractivity contribution is -0.137. The van der Waals surface area contributed by atoms with Crippen LogP contribution in [0.5, 0.6) is 0 Å². The number of aromatic nitrogens is 3. The van der Waals surface area contributed by atoms with E-state index >= 15 is 0 Å². The van der Waals surface area contributed by atoms with Crippen molar-refractivity contribution in [3.8, 4) is 11.4 Å². The molecule has 1 spiro atoms. The Morgan fingerprint density at radius 3 is 2.85 bits per heavy atom. The summed E-state index contributed by atoms with van der Waals surface area (Å²) < 4.78 is 5.41. The first kappa shape index (κ1) is 16.0. The Hall–Kier alpha value is -2.24. The molecule has 0 aromatic carbocycles. The maximum Gasteiger partial charge on any atom is 0.249 e. The van der Waals surface area contributed by atoms with Crippen molar-refractivity contribution in [2.24, 2.45) is 11.3 Å². The van der Waals surface area contributed by atoms with Crippen LogP contribution >= 0.6 is 0 Å². The van der Waals surface area contributed by atoms with Gasteiger partial charge in [0.15, 0.2) is 0 Å². The van der Waals surface area contributed by atoms with Crippen LogP contribution in [0.2, 0.25) is 0 Å². The minimum atomic E-state index is -0.272. The van der Waals surface area contributed by atoms with Gasteiger partial charge in [0.1, 0.15) is 6.04 Å². The van der Waals surface area contributed by atoms with E-state index in [9.17, 15) is 4.79 Å². The molecule has 0 saturated heterocycles. The Bertz CT molecular complexity index is 830. The van der Waals surface area contributed by atoms with Gasteiger partial charge in [-0.25, -0.2) is 0 Å². The van der Waals surface area contributed by atoms with Gasteiger partial charge >= 0.3 is 0 Å². The van der Waals surface area contributed by atoms with Gasteiger partial charge < -0.3 is 9.84 Å². The van der Waals surface area contributed by atoms with E-state index in [2.05, 4.69) is 20.4 Å². The number of nitrogens with zero attached hydrogens (tertiary/aromatic N) is 3. The highest BCUT2D eigenvalue weighted by molar-refractivity contribution is 5.80. The quantitative estimate of drug-likeness (QED) is 0.886.